The van der Waals surface area contributed by atoms with E-state index in [1.807, 2.05) is 60.7 Å². The zero-order valence-corrected chi connectivity index (χ0v) is 18.8. The lowest BCUT2D eigenvalue weighted by molar-refractivity contribution is -0.117. The third-order valence-electron chi connectivity index (χ3n) is 5.01. The minimum Gasteiger partial charge on any atom is -0.494 e. The fourth-order valence-electron chi connectivity index (χ4n) is 3.36. The summed E-state index contributed by atoms with van der Waals surface area (Å²) >= 11 is 0. The SMILES string of the molecule is CCCOc1cccc(-c2nn(-c3ccccc3)cc2C=C(C#N)C(=O)NCc2ccco2)c1. The Hall–Kier alpha value is -4.57. The van der Waals surface area contributed by atoms with Gasteiger partial charge in [0.25, 0.3) is 5.91 Å². The topological polar surface area (TPSA) is 93.1 Å². The highest BCUT2D eigenvalue weighted by Gasteiger charge is 2.16. The highest BCUT2D eigenvalue weighted by atomic mass is 16.5. The van der Waals surface area contributed by atoms with Crippen molar-refractivity contribution in [2.75, 3.05) is 6.61 Å². The van der Waals surface area contributed by atoms with Gasteiger partial charge in [0.05, 0.1) is 25.1 Å². The number of rotatable bonds is 9. The van der Waals surface area contributed by atoms with Crippen molar-refractivity contribution in [3.63, 3.8) is 0 Å². The summed E-state index contributed by atoms with van der Waals surface area (Å²) in [5.74, 6) is 0.852. The average Bonchev–Trinajstić information content (AvgIpc) is 3.55. The molecule has 2 aromatic heterocycles. The summed E-state index contributed by atoms with van der Waals surface area (Å²) in [6.45, 7) is 2.86. The Bertz CT molecular complexity index is 1320. The predicted octanol–water partition coefficient (Wildman–Crippen LogP) is 5.14. The smallest absolute Gasteiger partial charge is 0.262 e. The maximum Gasteiger partial charge on any atom is 0.262 e. The van der Waals surface area contributed by atoms with E-state index in [0.29, 0.717) is 23.6 Å². The molecular formula is C27H24N4O3. The Labute approximate surface area is 197 Å². The molecule has 0 bridgehead atoms. The van der Waals surface area contributed by atoms with Crippen LogP contribution in [-0.2, 0) is 11.3 Å². The van der Waals surface area contributed by atoms with Crippen LogP contribution in [0, 0.1) is 11.3 Å². The summed E-state index contributed by atoms with van der Waals surface area (Å²) < 4.78 is 12.8. The van der Waals surface area contributed by atoms with Crippen LogP contribution in [0.15, 0.2) is 89.2 Å². The largest absolute Gasteiger partial charge is 0.494 e. The van der Waals surface area contributed by atoms with Crippen molar-refractivity contribution in [2.24, 2.45) is 0 Å². The molecule has 0 radical (unpaired) electrons. The molecule has 0 atom stereocenters. The van der Waals surface area contributed by atoms with Gasteiger partial charge in [-0.1, -0.05) is 37.3 Å². The van der Waals surface area contributed by atoms with E-state index in [1.54, 1.807) is 29.1 Å². The second-order valence-electron chi connectivity index (χ2n) is 7.52. The quantitative estimate of drug-likeness (QED) is 0.280. The van der Waals surface area contributed by atoms with Gasteiger partial charge in [-0.2, -0.15) is 10.4 Å². The minimum atomic E-state index is -0.489. The first-order chi connectivity index (χ1) is 16.7. The van der Waals surface area contributed by atoms with Crippen LogP contribution in [0.1, 0.15) is 24.7 Å². The van der Waals surface area contributed by atoms with Gasteiger partial charge >= 0.3 is 0 Å². The molecule has 4 aromatic rings. The van der Waals surface area contributed by atoms with Crippen LogP contribution in [-0.4, -0.2) is 22.3 Å². The molecule has 0 aliphatic rings. The molecule has 0 spiro atoms. The van der Waals surface area contributed by atoms with E-state index in [2.05, 4.69) is 12.2 Å². The van der Waals surface area contributed by atoms with Crippen molar-refractivity contribution in [3.05, 3.63) is 96.1 Å². The predicted molar refractivity (Wildman–Crippen MR) is 129 cm³/mol. The molecule has 4 rings (SSSR count). The van der Waals surface area contributed by atoms with Crippen LogP contribution in [0.25, 0.3) is 23.0 Å². The number of carbonyl (C=O) groups excluding carboxylic acids is 1. The monoisotopic (exact) mass is 452 g/mol. The van der Waals surface area contributed by atoms with Crippen molar-refractivity contribution in [2.45, 2.75) is 19.9 Å². The lowest BCUT2D eigenvalue weighted by Gasteiger charge is -2.07. The summed E-state index contributed by atoms with van der Waals surface area (Å²) in [6.07, 6.45) is 5.80. The Morgan fingerprint density at radius 1 is 1.18 bits per heavy atom. The summed E-state index contributed by atoms with van der Waals surface area (Å²) in [5, 5.41) is 17.2. The van der Waals surface area contributed by atoms with Crippen LogP contribution >= 0.6 is 0 Å². The van der Waals surface area contributed by atoms with Gasteiger partial charge in [0, 0.05) is 17.3 Å². The van der Waals surface area contributed by atoms with E-state index in [4.69, 9.17) is 14.3 Å². The van der Waals surface area contributed by atoms with Gasteiger partial charge in [0.2, 0.25) is 0 Å². The molecule has 2 aromatic carbocycles. The maximum atomic E-state index is 12.7. The van der Waals surface area contributed by atoms with Crippen molar-refractivity contribution in [1.29, 1.82) is 5.26 Å². The van der Waals surface area contributed by atoms with Gasteiger partial charge in [-0.15, -0.1) is 0 Å². The Balaban J connectivity index is 1.70. The molecule has 7 heteroatoms. The molecule has 0 unspecified atom stereocenters. The molecule has 0 fully saturated rings. The van der Waals surface area contributed by atoms with E-state index in [0.717, 1.165) is 23.4 Å². The molecule has 0 saturated carbocycles. The second-order valence-corrected chi connectivity index (χ2v) is 7.52. The van der Waals surface area contributed by atoms with Gasteiger partial charge in [-0.3, -0.25) is 4.79 Å². The van der Waals surface area contributed by atoms with Gasteiger partial charge in [-0.25, -0.2) is 4.68 Å². The highest BCUT2D eigenvalue weighted by Crippen LogP contribution is 2.28. The zero-order chi connectivity index (χ0) is 23.8. The fourth-order valence-corrected chi connectivity index (χ4v) is 3.36. The van der Waals surface area contributed by atoms with Gasteiger partial charge in [-0.05, 0) is 48.9 Å². The number of nitriles is 1. The lowest BCUT2D eigenvalue weighted by atomic mass is 10.1. The number of para-hydroxylation sites is 1. The number of hydrogen-bond donors (Lipinski definition) is 1. The van der Waals surface area contributed by atoms with Gasteiger partial charge < -0.3 is 14.5 Å². The van der Waals surface area contributed by atoms with Gasteiger partial charge in [0.15, 0.2) is 0 Å². The van der Waals surface area contributed by atoms with E-state index < -0.39 is 5.91 Å². The molecule has 1 amide bonds. The fraction of sp³-hybridized carbons (Fsp3) is 0.148. The van der Waals surface area contributed by atoms with E-state index in [1.165, 1.54) is 6.26 Å². The van der Waals surface area contributed by atoms with Crippen molar-refractivity contribution < 1.29 is 13.9 Å². The van der Waals surface area contributed by atoms with Crippen molar-refractivity contribution >= 4 is 12.0 Å². The van der Waals surface area contributed by atoms with Crippen LogP contribution in [0.4, 0.5) is 0 Å². The summed E-state index contributed by atoms with van der Waals surface area (Å²) in [5.41, 5.74) is 2.93. The molecule has 34 heavy (non-hydrogen) atoms. The lowest BCUT2D eigenvalue weighted by Crippen LogP contribution is -2.23. The van der Waals surface area contributed by atoms with Crippen molar-refractivity contribution in [1.82, 2.24) is 15.1 Å². The number of benzene rings is 2. The molecular weight excluding hydrogens is 428 g/mol. The molecule has 170 valence electrons. The number of nitrogens with zero attached hydrogens (tertiary/aromatic N) is 3. The normalized spacial score (nSPS) is 11.1. The van der Waals surface area contributed by atoms with E-state index in [-0.39, 0.29) is 12.1 Å². The number of furan rings is 1. The van der Waals surface area contributed by atoms with Crippen LogP contribution in [0.3, 0.4) is 0 Å². The highest BCUT2D eigenvalue weighted by molar-refractivity contribution is 6.02. The molecule has 2 heterocycles. The van der Waals surface area contributed by atoms with Crippen LogP contribution < -0.4 is 10.1 Å². The average molecular weight is 453 g/mol. The first-order valence-electron chi connectivity index (χ1n) is 11.0. The number of nitrogens with one attached hydrogen (secondary N) is 1. The minimum absolute atomic E-state index is 0.0289. The third kappa shape index (κ3) is 5.43. The summed E-state index contributed by atoms with van der Waals surface area (Å²) in [6, 6.07) is 22.8. The Morgan fingerprint density at radius 2 is 2.03 bits per heavy atom. The zero-order valence-electron chi connectivity index (χ0n) is 18.8. The summed E-state index contributed by atoms with van der Waals surface area (Å²) in [4.78, 5) is 12.7. The molecule has 1 N–H and O–H groups in total. The molecule has 7 nitrogen and oxygen atoms in total. The molecule has 0 saturated heterocycles. The maximum absolute atomic E-state index is 12.7. The molecule has 0 aliphatic carbocycles. The van der Waals surface area contributed by atoms with E-state index >= 15 is 0 Å². The Morgan fingerprint density at radius 3 is 2.76 bits per heavy atom. The number of ether oxygens (including phenoxy) is 1. The summed E-state index contributed by atoms with van der Waals surface area (Å²) in [7, 11) is 0. The molecule has 0 aliphatic heterocycles. The van der Waals surface area contributed by atoms with Crippen molar-refractivity contribution in [3.8, 4) is 28.8 Å². The van der Waals surface area contributed by atoms with Crippen LogP contribution in [0.2, 0.25) is 0 Å². The number of carbonyl (C=O) groups is 1. The van der Waals surface area contributed by atoms with Crippen LogP contribution in [0.5, 0.6) is 5.75 Å². The van der Waals surface area contributed by atoms with E-state index in [9.17, 15) is 10.1 Å². The first kappa shape index (κ1) is 22.6. The Kier molecular flexibility index (Phi) is 7.21. The number of amides is 1. The standard InChI is InChI=1S/C27H24N4O3/c1-2-13-33-24-11-6-8-20(16-24)26-22(19-31(30-26)23-9-4-3-5-10-23)15-21(17-28)27(32)29-18-25-12-7-14-34-25/h3-12,14-16,19H,2,13,18H2,1H3,(H,29,32). The van der Waals surface area contributed by atoms with Gasteiger partial charge in [0.1, 0.15) is 28.8 Å². The third-order valence-corrected chi connectivity index (χ3v) is 5.01. The second kappa shape index (κ2) is 10.8. The number of hydrogen-bond acceptors (Lipinski definition) is 5. The number of aromatic nitrogens is 2. The first-order valence-corrected chi connectivity index (χ1v) is 11.0.